The number of aryl methyl sites for hydroxylation is 1. The fraction of sp³-hybridized carbons (Fsp3) is 0.238. The van der Waals surface area contributed by atoms with Crippen LogP contribution in [0.2, 0.25) is 0 Å². The smallest absolute Gasteiger partial charge is 0.159 e. The summed E-state index contributed by atoms with van der Waals surface area (Å²) in [6.07, 6.45) is 10.4. The van der Waals surface area contributed by atoms with Crippen molar-refractivity contribution in [1.29, 1.82) is 0 Å². The largest absolute Gasteiger partial charge is 0.389 e. The summed E-state index contributed by atoms with van der Waals surface area (Å²) in [5, 5.41) is 18.3. The van der Waals surface area contributed by atoms with E-state index in [1.54, 1.807) is 35.1 Å². The molecular weight excluding hydrogens is 368 g/mol. The van der Waals surface area contributed by atoms with Crippen LogP contribution >= 0.6 is 0 Å². The molecule has 0 bridgehead atoms. The standard InChI is InChI=1S/C21H22N6O2/c1-26-11-18(9-24-26)15-4-3-5-16(6-15)21-22-7-17(8-23-21)19-10-25-27(12-19)13-20(28)14-29-2/h3-12,20,28H,13-14H2,1-2H3. The van der Waals surface area contributed by atoms with Gasteiger partial charge in [-0.15, -0.1) is 0 Å². The fourth-order valence-electron chi connectivity index (χ4n) is 3.11. The number of nitrogens with zero attached hydrogens (tertiary/aromatic N) is 6. The van der Waals surface area contributed by atoms with E-state index in [2.05, 4.69) is 26.2 Å². The first-order chi connectivity index (χ1) is 14.1. The first-order valence-corrected chi connectivity index (χ1v) is 9.23. The Bertz CT molecular complexity index is 1090. The second kappa shape index (κ2) is 8.34. The third kappa shape index (κ3) is 4.39. The molecule has 8 nitrogen and oxygen atoms in total. The van der Waals surface area contributed by atoms with Gasteiger partial charge in [-0.2, -0.15) is 10.2 Å². The minimum Gasteiger partial charge on any atom is -0.389 e. The van der Waals surface area contributed by atoms with Gasteiger partial charge >= 0.3 is 0 Å². The normalized spacial score (nSPS) is 12.2. The van der Waals surface area contributed by atoms with Crippen LogP contribution in [0.15, 0.2) is 61.4 Å². The summed E-state index contributed by atoms with van der Waals surface area (Å²) in [6.45, 7) is 0.638. The van der Waals surface area contributed by atoms with Gasteiger partial charge in [-0.25, -0.2) is 9.97 Å². The molecule has 3 aromatic heterocycles. The molecule has 0 fully saturated rings. The van der Waals surface area contributed by atoms with Crippen LogP contribution in [0.25, 0.3) is 33.6 Å². The molecule has 0 radical (unpaired) electrons. The van der Waals surface area contributed by atoms with Crippen LogP contribution in [0.5, 0.6) is 0 Å². The quantitative estimate of drug-likeness (QED) is 0.521. The summed E-state index contributed by atoms with van der Waals surface area (Å²) < 4.78 is 8.41. The van der Waals surface area contributed by atoms with Crippen molar-refractivity contribution < 1.29 is 9.84 Å². The number of hydrogen-bond donors (Lipinski definition) is 1. The van der Waals surface area contributed by atoms with Gasteiger partial charge in [-0.3, -0.25) is 9.36 Å². The van der Waals surface area contributed by atoms with Crippen molar-refractivity contribution in [3.05, 3.63) is 61.4 Å². The zero-order chi connectivity index (χ0) is 20.2. The summed E-state index contributed by atoms with van der Waals surface area (Å²) in [5.41, 5.74) is 4.82. The van der Waals surface area contributed by atoms with Crippen LogP contribution in [-0.4, -0.2) is 54.5 Å². The fourth-order valence-corrected chi connectivity index (χ4v) is 3.11. The molecule has 1 N–H and O–H groups in total. The van der Waals surface area contributed by atoms with Crippen LogP contribution in [0, 0.1) is 0 Å². The van der Waals surface area contributed by atoms with Gasteiger partial charge in [0.2, 0.25) is 0 Å². The summed E-state index contributed by atoms with van der Waals surface area (Å²) in [7, 11) is 3.46. The molecule has 0 saturated carbocycles. The zero-order valence-corrected chi connectivity index (χ0v) is 16.3. The molecule has 29 heavy (non-hydrogen) atoms. The molecule has 0 aliphatic heterocycles. The maximum Gasteiger partial charge on any atom is 0.159 e. The van der Waals surface area contributed by atoms with Crippen LogP contribution in [-0.2, 0) is 18.3 Å². The Kier molecular flexibility index (Phi) is 5.46. The first kappa shape index (κ1) is 19.0. The molecule has 4 aromatic rings. The van der Waals surface area contributed by atoms with E-state index in [9.17, 15) is 5.11 Å². The highest BCUT2D eigenvalue weighted by Crippen LogP contribution is 2.25. The number of hydrogen-bond acceptors (Lipinski definition) is 6. The molecule has 1 aromatic carbocycles. The Balaban J connectivity index is 1.52. The SMILES string of the molecule is COCC(O)Cn1cc(-c2cnc(-c3cccc(-c4cnn(C)c4)c3)nc2)cn1. The Morgan fingerprint density at radius 1 is 0.931 bits per heavy atom. The molecule has 148 valence electrons. The number of benzene rings is 1. The van der Waals surface area contributed by atoms with Crippen molar-refractivity contribution in [2.75, 3.05) is 13.7 Å². The predicted octanol–water partition coefficient (Wildman–Crippen LogP) is 2.41. The van der Waals surface area contributed by atoms with Gasteiger partial charge in [0.1, 0.15) is 0 Å². The summed E-state index contributed by atoms with van der Waals surface area (Å²) >= 11 is 0. The number of aromatic nitrogens is 6. The Labute approximate surface area is 168 Å². The Hall–Kier alpha value is -3.36. The zero-order valence-electron chi connectivity index (χ0n) is 16.3. The number of methoxy groups -OCH3 is 1. The monoisotopic (exact) mass is 390 g/mol. The lowest BCUT2D eigenvalue weighted by molar-refractivity contribution is 0.0514. The van der Waals surface area contributed by atoms with E-state index in [-0.39, 0.29) is 6.61 Å². The highest BCUT2D eigenvalue weighted by Gasteiger charge is 2.09. The molecule has 1 atom stereocenters. The number of ether oxygens (including phenoxy) is 1. The van der Waals surface area contributed by atoms with Crippen molar-refractivity contribution in [2.24, 2.45) is 7.05 Å². The van der Waals surface area contributed by atoms with E-state index in [4.69, 9.17) is 4.74 Å². The van der Waals surface area contributed by atoms with E-state index >= 15 is 0 Å². The van der Waals surface area contributed by atoms with Gasteiger partial charge in [0, 0.05) is 61.2 Å². The van der Waals surface area contributed by atoms with E-state index < -0.39 is 6.10 Å². The number of aliphatic hydroxyl groups excluding tert-OH is 1. The average Bonchev–Trinajstić information content (AvgIpc) is 3.38. The Morgan fingerprint density at radius 2 is 1.66 bits per heavy atom. The number of rotatable bonds is 7. The molecule has 1 unspecified atom stereocenters. The second-order valence-electron chi connectivity index (χ2n) is 6.84. The van der Waals surface area contributed by atoms with Crippen molar-refractivity contribution in [1.82, 2.24) is 29.5 Å². The van der Waals surface area contributed by atoms with Gasteiger partial charge in [0.15, 0.2) is 5.82 Å². The first-order valence-electron chi connectivity index (χ1n) is 9.23. The van der Waals surface area contributed by atoms with Crippen molar-refractivity contribution in [2.45, 2.75) is 12.6 Å². The van der Waals surface area contributed by atoms with Crippen LogP contribution < -0.4 is 0 Å². The molecule has 0 amide bonds. The molecule has 8 heteroatoms. The van der Waals surface area contributed by atoms with E-state index in [0.717, 1.165) is 27.8 Å². The molecule has 0 saturated heterocycles. The molecule has 0 spiro atoms. The minimum atomic E-state index is -0.599. The maximum absolute atomic E-state index is 9.84. The lowest BCUT2D eigenvalue weighted by Crippen LogP contribution is -2.21. The van der Waals surface area contributed by atoms with Gasteiger partial charge in [-0.1, -0.05) is 18.2 Å². The topological polar surface area (TPSA) is 90.9 Å². The van der Waals surface area contributed by atoms with E-state index in [0.29, 0.717) is 12.4 Å². The molecule has 0 aliphatic rings. The van der Waals surface area contributed by atoms with Crippen molar-refractivity contribution >= 4 is 0 Å². The van der Waals surface area contributed by atoms with Crippen LogP contribution in [0.1, 0.15) is 0 Å². The molecular formula is C21H22N6O2. The van der Waals surface area contributed by atoms with Gasteiger partial charge in [0.25, 0.3) is 0 Å². The predicted molar refractivity (Wildman–Crippen MR) is 109 cm³/mol. The molecule has 3 heterocycles. The highest BCUT2D eigenvalue weighted by atomic mass is 16.5. The summed E-state index contributed by atoms with van der Waals surface area (Å²) in [4.78, 5) is 9.05. The lowest BCUT2D eigenvalue weighted by Gasteiger charge is -2.08. The van der Waals surface area contributed by atoms with E-state index in [1.807, 2.05) is 43.8 Å². The summed E-state index contributed by atoms with van der Waals surface area (Å²) in [6, 6.07) is 8.08. The van der Waals surface area contributed by atoms with Crippen LogP contribution in [0.3, 0.4) is 0 Å². The average molecular weight is 390 g/mol. The van der Waals surface area contributed by atoms with E-state index in [1.165, 1.54) is 0 Å². The Morgan fingerprint density at radius 3 is 2.38 bits per heavy atom. The van der Waals surface area contributed by atoms with Crippen molar-refractivity contribution in [3.8, 4) is 33.6 Å². The summed E-state index contributed by atoms with van der Waals surface area (Å²) in [5.74, 6) is 0.655. The number of aliphatic hydroxyl groups is 1. The van der Waals surface area contributed by atoms with Crippen molar-refractivity contribution in [3.63, 3.8) is 0 Å². The molecule has 4 rings (SSSR count). The molecule has 0 aliphatic carbocycles. The van der Waals surface area contributed by atoms with Gasteiger partial charge < -0.3 is 9.84 Å². The lowest BCUT2D eigenvalue weighted by atomic mass is 10.1. The maximum atomic E-state index is 9.84. The van der Waals surface area contributed by atoms with Gasteiger partial charge in [-0.05, 0) is 11.6 Å². The van der Waals surface area contributed by atoms with Gasteiger partial charge in [0.05, 0.1) is 31.6 Å². The van der Waals surface area contributed by atoms with Crippen LogP contribution in [0.4, 0.5) is 0 Å². The second-order valence-corrected chi connectivity index (χ2v) is 6.84. The third-order valence-corrected chi connectivity index (χ3v) is 4.53. The minimum absolute atomic E-state index is 0.269. The highest BCUT2D eigenvalue weighted by molar-refractivity contribution is 5.70. The third-order valence-electron chi connectivity index (χ3n) is 4.53.